The van der Waals surface area contributed by atoms with Crippen LogP contribution in [0.1, 0.15) is 18.9 Å². The van der Waals surface area contributed by atoms with Crippen molar-refractivity contribution < 1.29 is 14.3 Å². The van der Waals surface area contributed by atoms with Gasteiger partial charge < -0.3 is 5.11 Å². The van der Waals surface area contributed by atoms with Crippen molar-refractivity contribution in [3.8, 4) is 0 Å². The third-order valence-corrected chi connectivity index (χ3v) is 3.74. The van der Waals surface area contributed by atoms with Gasteiger partial charge in [0.1, 0.15) is 5.82 Å². The fourth-order valence-corrected chi connectivity index (χ4v) is 2.56. The fraction of sp³-hybridized carbons (Fsp3) is 0.533. The smallest absolute Gasteiger partial charge is 0.151 e. The van der Waals surface area contributed by atoms with Crippen molar-refractivity contribution in [2.45, 2.75) is 25.9 Å². The number of nitrogens with zero attached hydrogens (tertiary/aromatic N) is 1. The van der Waals surface area contributed by atoms with Crippen molar-refractivity contribution in [3.05, 3.63) is 35.6 Å². The SMILES string of the molecule is CC(O)C1CCN(CC(=O)Cc2ccccc2F)C1. The quantitative estimate of drug-likeness (QED) is 0.880. The second-order valence-corrected chi connectivity index (χ2v) is 5.33. The van der Waals surface area contributed by atoms with E-state index in [1.165, 1.54) is 6.07 Å². The first-order chi connectivity index (χ1) is 9.06. The third kappa shape index (κ3) is 3.85. The minimum Gasteiger partial charge on any atom is -0.393 e. The summed E-state index contributed by atoms with van der Waals surface area (Å²) in [5, 5.41) is 9.51. The predicted octanol–water partition coefficient (Wildman–Crippen LogP) is 1.64. The van der Waals surface area contributed by atoms with Crippen molar-refractivity contribution in [2.75, 3.05) is 19.6 Å². The summed E-state index contributed by atoms with van der Waals surface area (Å²) in [7, 11) is 0. The number of hydrogen-bond acceptors (Lipinski definition) is 3. The molecule has 0 bridgehead atoms. The predicted molar refractivity (Wildman–Crippen MR) is 71.3 cm³/mol. The Morgan fingerprint density at radius 2 is 2.26 bits per heavy atom. The maximum absolute atomic E-state index is 13.4. The number of aliphatic hydroxyl groups is 1. The number of benzene rings is 1. The van der Waals surface area contributed by atoms with Gasteiger partial charge in [-0.1, -0.05) is 18.2 Å². The normalized spacial score (nSPS) is 21.5. The Hall–Kier alpha value is -1.26. The van der Waals surface area contributed by atoms with E-state index in [1.807, 2.05) is 4.90 Å². The molecule has 2 unspecified atom stereocenters. The Labute approximate surface area is 113 Å². The van der Waals surface area contributed by atoms with Gasteiger partial charge >= 0.3 is 0 Å². The topological polar surface area (TPSA) is 40.5 Å². The van der Waals surface area contributed by atoms with E-state index in [0.29, 0.717) is 12.1 Å². The number of aliphatic hydroxyl groups excluding tert-OH is 1. The zero-order chi connectivity index (χ0) is 13.8. The van der Waals surface area contributed by atoms with Crippen LogP contribution < -0.4 is 0 Å². The minimum absolute atomic E-state index is 0.0244. The molecule has 0 aromatic heterocycles. The summed E-state index contributed by atoms with van der Waals surface area (Å²) in [4.78, 5) is 14.0. The molecule has 0 radical (unpaired) electrons. The summed E-state index contributed by atoms with van der Waals surface area (Å²) in [5.74, 6) is -0.0447. The van der Waals surface area contributed by atoms with Gasteiger partial charge in [0.25, 0.3) is 0 Å². The maximum Gasteiger partial charge on any atom is 0.151 e. The molecule has 4 heteroatoms. The molecule has 2 rings (SSSR count). The number of ketones is 1. The lowest BCUT2D eigenvalue weighted by Crippen LogP contribution is -2.30. The van der Waals surface area contributed by atoms with Crippen LogP contribution in [-0.4, -0.2) is 41.5 Å². The van der Waals surface area contributed by atoms with Crippen molar-refractivity contribution in [3.63, 3.8) is 0 Å². The van der Waals surface area contributed by atoms with Gasteiger partial charge in [-0.15, -0.1) is 0 Å². The van der Waals surface area contributed by atoms with Gasteiger partial charge in [-0.25, -0.2) is 4.39 Å². The van der Waals surface area contributed by atoms with Gasteiger partial charge in [-0.3, -0.25) is 9.69 Å². The number of carbonyl (C=O) groups is 1. The zero-order valence-corrected chi connectivity index (χ0v) is 11.2. The van der Waals surface area contributed by atoms with Crippen molar-refractivity contribution in [1.82, 2.24) is 4.90 Å². The van der Waals surface area contributed by atoms with Crippen LogP contribution in [-0.2, 0) is 11.2 Å². The number of halogens is 1. The number of carbonyl (C=O) groups excluding carboxylic acids is 1. The van der Waals surface area contributed by atoms with E-state index in [2.05, 4.69) is 0 Å². The fourth-order valence-electron chi connectivity index (χ4n) is 2.56. The molecule has 1 saturated heterocycles. The van der Waals surface area contributed by atoms with Crippen LogP contribution in [0.15, 0.2) is 24.3 Å². The highest BCUT2D eigenvalue weighted by molar-refractivity contribution is 5.82. The first-order valence-electron chi connectivity index (χ1n) is 6.72. The number of rotatable bonds is 5. The van der Waals surface area contributed by atoms with Gasteiger partial charge in [0.05, 0.1) is 12.6 Å². The Morgan fingerprint density at radius 1 is 1.53 bits per heavy atom. The standard InChI is InChI=1S/C15H20FNO2/c1-11(18)13-6-7-17(9-13)10-14(19)8-12-4-2-3-5-15(12)16/h2-5,11,13,18H,6-10H2,1H3. The van der Waals surface area contributed by atoms with E-state index in [1.54, 1.807) is 25.1 Å². The Morgan fingerprint density at radius 3 is 2.89 bits per heavy atom. The highest BCUT2D eigenvalue weighted by Gasteiger charge is 2.27. The zero-order valence-electron chi connectivity index (χ0n) is 11.2. The molecule has 0 aliphatic carbocycles. The van der Waals surface area contributed by atoms with Crippen LogP contribution in [0.5, 0.6) is 0 Å². The molecular weight excluding hydrogens is 245 g/mol. The summed E-state index contributed by atoms with van der Waals surface area (Å²) in [6, 6.07) is 6.39. The lowest BCUT2D eigenvalue weighted by atomic mass is 10.0. The van der Waals surface area contributed by atoms with E-state index < -0.39 is 0 Å². The molecule has 1 heterocycles. The Kier molecular flexibility index (Phi) is 4.66. The molecule has 2 atom stereocenters. The van der Waals surface area contributed by atoms with E-state index in [-0.39, 0.29) is 30.0 Å². The van der Waals surface area contributed by atoms with Gasteiger partial charge in [0.2, 0.25) is 0 Å². The first-order valence-corrected chi connectivity index (χ1v) is 6.72. The van der Waals surface area contributed by atoms with Gasteiger partial charge in [0.15, 0.2) is 5.78 Å². The van der Waals surface area contributed by atoms with Crippen molar-refractivity contribution in [2.24, 2.45) is 5.92 Å². The molecule has 1 aromatic carbocycles. The van der Waals surface area contributed by atoms with Crippen molar-refractivity contribution in [1.29, 1.82) is 0 Å². The molecule has 1 N–H and O–H groups in total. The minimum atomic E-state index is -0.327. The molecule has 19 heavy (non-hydrogen) atoms. The summed E-state index contributed by atoms with van der Waals surface area (Å²) < 4.78 is 13.4. The largest absolute Gasteiger partial charge is 0.393 e. The summed E-state index contributed by atoms with van der Waals surface area (Å²) in [5.41, 5.74) is 0.457. The lowest BCUT2D eigenvalue weighted by molar-refractivity contribution is -0.119. The molecule has 0 spiro atoms. The molecule has 0 saturated carbocycles. The lowest BCUT2D eigenvalue weighted by Gasteiger charge is -2.16. The molecular formula is C15H20FNO2. The van der Waals surface area contributed by atoms with Crippen LogP contribution in [0, 0.1) is 11.7 Å². The second kappa shape index (κ2) is 6.26. The first kappa shape index (κ1) is 14.2. The van der Waals surface area contributed by atoms with Crippen molar-refractivity contribution >= 4 is 5.78 Å². The average Bonchev–Trinajstić information content (AvgIpc) is 2.80. The third-order valence-electron chi connectivity index (χ3n) is 3.74. The number of Topliss-reactive ketones (excluding diaryl/α,β-unsaturated/α-hetero) is 1. The van der Waals surface area contributed by atoms with Crippen LogP contribution in [0.25, 0.3) is 0 Å². The second-order valence-electron chi connectivity index (χ2n) is 5.33. The molecule has 1 fully saturated rings. The van der Waals surface area contributed by atoms with Crippen LogP contribution in [0.3, 0.4) is 0 Å². The van der Waals surface area contributed by atoms with Gasteiger partial charge in [-0.2, -0.15) is 0 Å². The van der Waals surface area contributed by atoms with E-state index >= 15 is 0 Å². The number of likely N-dealkylation sites (tertiary alicyclic amines) is 1. The van der Waals surface area contributed by atoms with E-state index in [0.717, 1.165) is 19.5 Å². The monoisotopic (exact) mass is 265 g/mol. The summed E-state index contributed by atoms with van der Waals surface area (Å²) in [6.45, 7) is 3.71. The Balaban J connectivity index is 1.84. The van der Waals surface area contributed by atoms with Gasteiger partial charge in [0, 0.05) is 13.0 Å². The van der Waals surface area contributed by atoms with Crippen LogP contribution in [0.2, 0.25) is 0 Å². The molecule has 1 aliphatic heterocycles. The highest BCUT2D eigenvalue weighted by Crippen LogP contribution is 2.19. The average molecular weight is 265 g/mol. The molecule has 104 valence electrons. The summed E-state index contributed by atoms with van der Waals surface area (Å²) in [6.07, 6.45) is 0.736. The molecule has 1 aromatic rings. The molecule has 1 aliphatic rings. The maximum atomic E-state index is 13.4. The number of hydrogen-bond donors (Lipinski definition) is 1. The summed E-state index contributed by atoms with van der Waals surface area (Å²) >= 11 is 0. The molecule has 0 amide bonds. The van der Waals surface area contributed by atoms with E-state index in [9.17, 15) is 14.3 Å². The van der Waals surface area contributed by atoms with Crippen LogP contribution >= 0.6 is 0 Å². The highest BCUT2D eigenvalue weighted by atomic mass is 19.1. The van der Waals surface area contributed by atoms with E-state index in [4.69, 9.17) is 0 Å². The van der Waals surface area contributed by atoms with Gasteiger partial charge in [-0.05, 0) is 37.4 Å². The Bertz CT molecular complexity index is 448. The molecule has 3 nitrogen and oxygen atoms in total. The van der Waals surface area contributed by atoms with Crippen LogP contribution in [0.4, 0.5) is 4.39 Å².